The van der Waals surface area contributed by atoms with Gasteiger partial charge in [-0.15, -0.1) is 0 Å². The fourth-order valence-corrected chi connectivity index (χ4v) is 7.84. The Hall–Kier alpha value is -7.63. The maximum Gasteiger partial charge on any atom is 0.167 e. The molecule has 3 aromatic heterocycles. The van der Waals surface area contributed by atoms with Gasteiger partial charge in [-0.1, -0.05) is 158 Å². The molecule has 11 aromatic rings. The lowest BCUT2D eigenvalue weighted by atomic mass is 9.94. The number of para-hydroxylation sites is 2. The van der Waals surface area contributed by atoms with Crippen molar-refractivity contribution in [3.63, 3.8) is 0 Å². The molecule has 0 N–H and O–H groups in total. The van der Waals surface area contributed by atoms with Gasteiger partial charge >= 0.3 is 0 Å². The minimum absolute atomic E-state index is 0.550. The minimum Gasteiger partial charge on any atom is -0.455 e. The van der Waals surface area contributed by atoms with Gasteiger partial charge in [0, 0.05) is 38.2 Å². The quantitative estimate of drug-likeness (QED) is 0.171. The molecule has 0 saturated heterocycles. The summed E-state index contributed by atoms with van der Waals surface area (Å²) in [6.07, 6.45) is 0. The number of hydrogen-bond acceptors (Lipinski definition) is 5. The van der Waals surface area contributed by atoms with Crippen LogP contribution in [0.2, 0.25) is 0 Å². The van der Waals surface area contributed by atoms with E-state index < -0.39 is 0 Å². The molecule has 0 fully saturated rings. The molecule has 0 radical (unpaired) electrons. The van der Waals surface area contributed by atoms with Gasteiger partial charge in [0.1, 0.15) is 22.3 Å². The van der Waals surface area contributed by atoms with Gasteiger partial charge in [-0.25, -0.2) is 15.0 Å². The van der Waals surface area contributed by atoms with E-state index in [4.69, 9.17) is 23.8 Å². The number of benzene rings is 8. The Morgan fingerprint density at radius 2 is 0.821 bits per heavy atom. The van der Waals surface area contributed by atoms with E-state index in [1.807, 2.05) is 66.7 Å². The highest BCUT2D eigenvalue weighted by atomic mass is 16.3. The van der Waals surface area contributed by atoms with E-state index in [9.17, 15) is 0 Å². The smallest absolute Gasteiger partial charge is 0.167 e. The fourth-order valence-electron chi connectivity index (χ4n) is 7.84. The average molecular weight is 718 g/mol. The maximum atomic E-state index is 6.81. The Morgan fingerprint density at radius 1 is 0.286 bits per heavy atom. The zero-order chi connectivity index (χ0) is 37.0. The number of furan rings is 2. The van der Waals surface area contributed by atoms with Crippen molar-refractivity contribution in [2.45, 2.75) is 0 Å². The number of nitrogens with zero attached hydrogens (tertiary/aromatic N) is 3. The number of rotatable bonds is 6. The second-order valence-corrected chi connectivity index (χ2v) is 13.9. The van der Waals surface area contributed by atoms with Crippen molar-refractivity contribution in [3.05, 3.63) is 188 Å². The summed E-state index contributed by atoms with van der Waals surface area (Å²) in [6, 6.07) is 64.5. The lowest BCUT2D eigenvalue weighted by Crippen LogP contribution is -2.00. The number of aromatic nitrogens is 3. The van der Waals surface area contributed by atoms with Crippen LogP contribution in [0.15, 0.2) is 197 Å². The first-order chi connectivity index (χ1) is 27.7. The molecular weight excluding hydrogens is 687 g/mol. The van der Waals surface area contributed by atoms with E-state index in [0.717, 1.165) is 93.9 Å². The highest BCUT2D eigenvalue weighted by Gasteiger charge is 2.20. The SMILES string of the molecule is c1ccc(-c2ccc(-c3nc(-c4ccccc4)nc(-c4cccc5c4oc4cc(-c6ccc(-c7ccccc7)c7oc8ccccc8c67)ccc45)n3)cc2)cc1. The molecule has 0 bridgehead atoms. The summed E-state index contributed by atoms with van der Waals surface area (Å²) in [4.78, 5) is 15.1. The van der Waals surface area contributed by atoms with Crippen molar-refractivity contribution < 1.29 is 8.83 Å². The first-order valence-electron chi connectivity index (χ1n) is 18.7. The van der Waals surface area contributed by atoms with E-state index in [0.29, 0.717) is 17.5 Å². The molecule has 0 spiro atoms. The summed E-state index contributed by atoms with van der Waals surface area (Å²) in [5, 5.41) is 4.18. The molecule has 0 unspecified atom stereocenters. The third-order valence-electron chi connectivity index (χ3n) is 10.6. The summed E-state index contributed by atoms with van der Waals surface area (Å²) >= 11 is 0. The molecule has 0 saturated carbocycles. The van der Waals surface area contributed by atoms with Crippen molar-refractivity contribution in [3.8, 4) is 67.5 Å². The molecule has 0 aliphatic heterocycles. The van der Waals surface area contributed by atoms with Crippen LogP contribution >= 0.6 is 0 Å². The average Bonchev–Trinajstić information content (AvgIpc) is 3.86. The van der Waals surface area contributed by atoms with Crippen LogP contribution in [0.1, 0.15) is 0 Å². The maximum absolute atomic E-state index is 6.81. The van der Waals surface area contributed by atoms with Crippen molar-refractivity contribution >= 4 is 43.9 Å². The van der Waals surface area contributed by atoms with Crippen molar-refractivity contribution in [1.82, 2.24) is 15.0 Å². The molecule has 0 amide bonds. The van der Waals surface area contributed by atoms with Gasteiger partial charge in [-0.05, 0) is 58.1 Å². The molecule has 5 heteroatoms. The number of hydrogen-bond donors (Lipinski definition) is 0. The summed E-state index contributed by atoms with van der Waals surface area (Å²) in [5.41, 5.74) is 12.5. The second kappa shape index (κ2) is 13.0. The Bertz CT molecular complexity index is 3220. The summed E-state index contributed by atoms with van der Waals surface area (Å²) in [6.45, 7) is 0. The van der Waals surface area contributed by atoms with Crippen LogP contribution in [-0.2, 0) is 0 Å². The molecule has 5 nitrogen and oxygen atoms in total. The van der Waals surface area contributed by atoms with Crippen LogP contribution in [-0.4, -0.2) is 15.0 Å². The predicted octanol–water partition coefficient (Wildman–Crippen LogP) is 13.7. The van der Waals surface area contributed by atoms with E-state index in [-0.39, 0.29) is 0 Å². The number of fused-ring (bicyclic) bond motifs is 6. The van der Waals surface area contributed by atoms with Gasteiger partial charge in [0.15, 0.2) is 17.5 Å². The standard InChI is InChI=1S/C51H31N3O2/c1-4-13-32(14-5-1)33-23-25-36(26-24-33)50-52-49(35-17-8-3-9-18-35)53-51(54-50)43-21-12-20-41-40-28-27-37(31-45(40)56-47(41)43)38-29-30-39(34-15-6-2-7-16-34)48-46(38)42-19-10-11-22-44(42)55-48/h1-31H. The Balaban J connectivity index is 1.06. The summed E-state index contributed by atoms with van der Waals surface area (Å²) in [7, 11) is 0. The van der Waals surface area contributed by atoms with Gasteiger partial charge < -0.3 is 8.83 Å². The summed E-state index contributed by atoms with van der Waals surface area (Å²) < 4.78 is 13.4. The van der Waals surface area contributed by atoms with E-state index in [1.54, 1.807) is 0 Å². The van der Waals surface area contributed by atoms with Crippen LogP contribution in [0, 0.1) is 0 Å². The lowest BCUT2D eigenvalue weighted by molar-refractivity contribution is 0.669. The zero-order valence-corrected chi connectivity index (χ0v) is 30.1. The second-order valence-electron chi connectivity index (χ2n) is 13.9. The van der Waals surface area contributed by atoms with Crippen LogP contribution < -0.4 is 0 Å². The molecule has 262 valence electrons. The minimum atomic E-state index is 0.550. The molecular formula is C51H31N3O2. The topological polar surface area (TPSA) is 65.0 Å². The third-order valence-corrected chi connectivity index (χ3v) is 10.6. The fraction of sp³-hybridized carbons (Fsp3) is 0. The van der Waals surface area contributed by atoms with Crippen LogP contribution in [0.5, 0.6) is 0 Å². The molecule has 0 aliphatic rings. The van der Waals surface area contributed by atoms with Gasteiger partial charge in [-0.2, -0.15) is 0 Å². The van der Waals surface area contributed by atoms with E-state index in [1.165, 1.54) is 0 Å². The Kier molecular flexibility index (Phi) is 7.42. The molecule has 8 aromatic carbocycles. The first kappa shape index (κ1) is 31.9. The largest absolute Gasteiger partial charge is 0.455 e. The first-order valence-corrected chi connectivity index (χ1v) is 18.7. The highest BCUT2D eigenvalue weighted by molar-refractivity contribution is 6.17. The molecule has 11 rings (SSSR count). The zero-order valence-electron chi connectivity index (χ0n) is 30.1. The van der Waals surface area contributed by atoms with E-state index >= 15 is 0 Å². The van der Waals surface area contributed by atoms with Crippen LogP contribution in [0.3, 0.4) is 0 Å². The van der Waals surface area contributed by atoms with Gasteiger partial charge in [-0.3, -0.25) is 0 Å². The highest BCUT2D eigenvalue weighted by Crippen LogP contribution is 2.43. The Morgan fingerprint density at radius 3 is 1.57 bits per heavy atom. The van der Waals surface area contributed by atoms with Crippen molar-refractivity contribution in [1.29, 1.82) is 0 Å². The van der Waals surface area contributed by atoms with E-state index in [2.05, 4.69) is 121 Å². The van der Waals surface area contributed by atoms with Crippen LogP contribution in [0.4, 0.5) is 0 Å². The third kappa shape index (κ3) is 5.37. The molecule has 56 heavy (non-hydrogen) atoms. The summed E-state index contributed by atoms with van der Waals surface area (Å²) in [5.74, 6) is 1.75. The van der Waals surface area contributed by atoms with Gasteiger partial charge in [0.2, 0.25) is 0 Å². The van der Waals surface area contributed by atoms with Gasteiger partial charge in [0.25, 0.3) is 0 Å². The molecule has 3 heterocycles. The predicted molar refractivity (Wildman–Crippen MR) is 227 cm³/mol. The van der Waals surface area contributed by atoms with Gasteiger partial charge in [0.05, 0.1) is 5.56 Å². The monoisotopic (exact) mass is 717 g/mol. The van der Waals surface area contributed by atoms with Crippen LogP contribution in [0.25, 0.3) is 111 Å². The van der Waals surface area contributed by atoms with Crippen molar-refractivity contribution in [2.24, 2.45) is 0 Å². The Labute approximate surface area is 322 Å². The molecule has 0 aliphatic carbocycles. The molecule has 0 atom stereocenters. The lowest BCUT2D eigenvalue weighted by Gasteiger charge is -2.09. The normalized spacial score (nSPS) is 11.6. The van der Waals surface area contributed by atoms with Crippen molar-refractivity contribution in [2.75, 3.05) is 0 Å².